The predicted molar refractivity (Wildman–Crippen MR) is 80.6 cm³/mol. The molecule has 6 heteroatoms. The predicted octanol–water partition coefficient (Wildman–Crippen LogP) is 1.63. The molecule has 0 aliphatic heterocycles. The number of hydrogen-bond acceptors (Lipinski definition) is 6. The van der Waals surface area contributed by atoms with E-state index in [0.717, 1.165) is 24.6 Å². The average Bonchev–Trinajstić information content (AvgIpc) is 2.40. The monoisotopic (exact) mass is 279 g/mol. The van der Waals surface area contributed by atoms with E-state index in [1.165, 1.54) is 19.3 Å². The molecule has 1 aliphatic rings. The van der Waals surface area contributed by atoms with E-state index in [1.807, 2.05) is 6.07 Å². The van der Waals surface area contributed by atoms with Crippen molar-refractivity contribution in [3.05, 3.63) is 11.9 Å². The fraction of sp³-hybridized carbons (Fsp3) is 0.714. The highest BCUT2D eigenvalue weighted by Crippen LogP contribution is 2.30. The minimum absolute atomic E-state index is 0.202. The van der Waals surface area contributed by atoms with Crippen LogP contribution in [0.15, 0.2) is 6.07 Å². The Morgan fingerprint density at radius 3 is 2.70 bits per heavy atom. The summed E-state index contributed by atoms with van der Waals surface area (Å²) in [7, 11) is 0. The van der Waals surface area contributed by atoms with Gasteiger partial charge in [-0.1, -0.05) is 13.8 Å². The Balaban J connectivity index is 2.27. The van der Waals surface area contributed by atoms with Gasteiger partial charge in [-0.3, -0.25) is 0 Å². The van der Waals surface area contributed by atoms with Crippen molar-refractivity contribution in [3.8, 4) is 0 Å². The summed E-state index contributed by atoms with van der Waals surface area (Å²) in [6.07, 6.45) is 4.41. The highest BCUT2D eigenvalue weighted by Gasteiger charge is 2.26. The van der Waals surface area contributed by atoms with Gasteiger partial charge in [0.1, 0.15) is 17.5 Å². The Morgan fingerprint density at radius 1 is 1.45 bits per heavy atom. The van der Waals surface area contributed by atoms with Gasteiger partial charge in [-0.15, -0.1) is 0 Å². The summed E-state index contributed by atoms with van der Waals surface area (Å²) in [6.45, 7) is 5.16. The number of nitrogens with zero attached hydrogens (tertiary/aromatic N) is 3. The van der Waals surface area contributed by atoms with E-state index in [0.29, 0.717) is 11.9 Å². The highest BCUT2D eigenvalue weighted by atomic mass is 16.3. The second-order valence-electron chi connectivity index (χ2n) is 5.62. The Labute approximate surface area is 120 Å². The number of rotatable bonds is 7. The van der Waals surface area contributed by atoms with E-state index < -0.39 is 0 Å². The smallest absolute Gasteiger partial charge is 0.145 e. The molecule has 0 spiro atoms. The molecule has 20 heavy (non-hydrogen) atoms. The van der Waals surface area contributed by atoms with Crippen molar-refractivity contribution in [1.29, 1.82) is 0 Å². The number of nitrogens with two attached hydrogens (primary N) is 1. The lowest BCUT2D eigenvalue weighted by Crippen LogP contribution is -2.42. The number of hydrazine groups is 1. The van der Waals surface area contributed by atoms with Gasteiger partial charge in [0.25, 0.3) is 0 Å². The molecule has 0 bridgehead atoms. The van der Waals surface area contributed by atoms with Crippen molar-refractivity contribution < 1.29 is 5.11 Å². The first kappa shape index (κ1) is 15.0. The number of hydrogen-bond donors (Lipinski definition) is 3. The first-order chi connectivity index (χ1) is 9.65. The van der Waals surface area contributed by atoms with E-state index in [-0.39, 0.29) is 12.5 Å². The van der Waals surface area contributed by atoms with Crippen LogP contribution in [0.2, 0.25) is 0 Å². The molecular formula is C14H25N5O. The maximum atomic E-state index is 9.09. The fourth-order valence-corrected chi connectivity index (χ4v) is 2.36. The summed E-state index contributed by atoms with van der Waals surface area (Å²) >= 11 is 0. The van der Waals surface area contributed by atoms with Crippen LogP contribution in [0.3, 0.4) is 0 Å². The number of nitrogen functional groups attached to an aromatic ring is 1. The minimum atomic E-state index is 0.202. The second-order valence-corrected chi connectivity index (χ2v) is 5.62. The average molecular weight is 279 g/mol. The van der Waals surface area contributed by atoms with Gasteiger partial charge in [0.2, 0.25) is 0 Å². The lowest BCUT2D eigenvalue weighted by Gasteiger charge is -2.38. The first-order valence-corrected chi connectivity index (χ1v) is 7.38. The maximum absolute atomic E-state index is 9.09. The van der Waals surface area contributed by atoms with Crippen LogP contribution in [0, 0.1) is 0 Å². The zero-order chi connectivity index (χ0) is 14.5. The molecule has 2 rings (SSSR count). The molecule has 0 atom stereocenters. The lowest BCUT2D eigenvalue weighted by molar-refractivity contribution is 0.282. The van der Waals surface area contributed by atoms with Crippen LogP contribution in [0.4, 0.5) is 11.6 Å². The van der Waals surface area contributed by atoms with Gasteiger partial charge >= 0.3 is 0 Å². The number of aliphatic hydroxyl groups excluding tert-OH is 1. The van der Waals surface area contributed by atoms with Crippen molar-refractivity contribution in [1.82, 2.24) is 9.97 Å². The van der Waals surface area contributed by atoms with Crippen molar-refractivity contribution in [2.45, 2.75) is 51.5 Å². The van der Waals surface area contributed by atoms with Gasteiger partial charge in [-0.25, -0.2) is 15.8 Å². The summed E-state index contributed by atoms with van der Waals surface area (Å²) < 4.78 is 0. The second kappa shape index (κ2) is 6.85. The Morgan fingerprint density at radius 2 is 2.20 bits per heavy atom. The van der Waals surface area contributed by atoms with Gasteiger partial charge in [-0.2, -0.15) is 0 Å². The van der Waals surface area contributed by atoms with E-state index in [1.54, 1.807) is 0 Å². The number of anilines is 2. The molecule has 0 amide bonds. The lowest BCUT2D eigenvalue weighted by atomic mass is 9.91. The summed E-state index contributed by atoms with van der Waals surface area (Å²) in [5, 5.41) is 9.09. The molecule has 1 heterocycles. The quantitative estimate of drug-likeness (QED) is 0.519. The number of aliphatic hydroxyl groups is 1. The summed E-state index contributed by atoms with van der Waals surface area (Å²) in [4.78, 5) is 11.4. The molecule has 0 aromatic carbocycles. The summed E-state index contributed by atoms with van der Waals surface area (Å²) in [6, 6.07) is 2.42. The standard InChI is InChI=1S/C14H25N5O/c1-10(2)14-16-12(18-15)9-13(17-14)19(7-4-8-20)11-5-3-6-11/h9-11,20H,3-8,15H2,1-2H3,(H,16,17,18). The van der Waals surface area contributed by atoms with Crippen LogP contribution in [0.5, 0.6) is 0 Å². The van der Waals surface area contributed by atoms with E-state index >= 15 is 0 Å². The molecule has 1 saturated carbocycles. The summed E-state index contributed by atoms with van der Waals surface area (Å²) in [5.41, 5.74) is 2.62. The van der Waals surface area contributed by atoms with Gasteiger partial charge in [0, 0.05) is 31.2 Å². The molecule has 0 saturated heterocycles. The molecule has 112 valence electrons. The number of aromatic nitrogens is 2. The van der Waals surface area contributed by atoms with Crippen LogP contribution >= 0.6 is 0 Å². The molecule has 1 aromatic rings. The number of nitrogens with one attached hydrogen (secondary N) is 1. The Bertz CT molecular complexity index is 434. The molecule has 1 fully saturated rings. The van der Waals surface area contributed by atoms with Crippen molar-refractivity contribution >= 4 is 11.6 Å². The third-order valence-electron chi connectivity index (χ3n) is 3.76. The van der Waals surface area contributed by atoms with E-state index in [4.69, 9.17) is 10.9 Å². The van der Waals surface area contributed by atoms with Crippen LogP contribution in [0.1, 0.15) is 51.3 Å². The van der Waals surface area contributed by atoms with Gasteiger partial charge in [0.05, 0.1) is 0 Å². The van der Waals surface area contributed by atoms with Crippen molar-refractivity contribution in [2.24, 2.45) is 5.84 Å². The molecule has 0 radical (unpaired) electrons. The van der Waals surface area contributed by atoms with Gasteiger partial charge in [0.15, 0.2) is 0 Å². The van der Waals surface area contributed by atoms with E-state index in [2.05, 4.69) is 34.1 Å². The molecular weight excluding hydrogens is 254 g/mol. The topological polar surface area (TPSA) is 87.3 Å². The van der Waals surface area contributed by atoms with Gasteiger partial charge < -0.3 is 15.4 Å². The zero-order valence-electron chi connectivity index (χ0n) is 12.3. The van der Waals surface area contributed by atoms with Crippen molar-refractivity contribution in [3.63, 3.8) is 0 Å². The van der Waals surface area contributed by atoms with E-state index in [9.17, 15) is 0 Å². The highest BCUT2D eigenvalue weighted by molar-refractivity contribution is 5.50. The normalized spacial score (nSPS) is 15.2. The minimum Gasteiger partial charge on any atom is -0.396 e. The molecule has 0 unspecified atom stereocenters. The van der Waals surface area contributed by atoms with Gasteiger partial charge in [-0.05, 0) is 25.7 Å². The molecule has 6 nitrogen and oxygen atoms in total. The van der Waals surface area contributed by atoms with Crippen LogP contribution in [-0.4, -0.2) is 34.3 Å². The molecule has 4 N–H and O–H groups in total. The Kier molecular flexibility index (Phi) is 5.14. The maximum Gasteiger partial charge on any atom is 0.145 e. The van der Waals surface area contributed by atoms with Crippen LogP contribution in [0.25, 0.3) is 0 Å². The zero-order valence-corrected chi connectivity index (χ0v) is 12.3. The van der Waals surface area contributed by atoms with Crippen molar-refractivity contribution in [2.75, 3.05) is 23.5 Å². The van der Waals surface area contributed by atoms with Crippen LogP contribution in [-0.2, 0) is 0 Å². The first-order valence-electron chi connectivity index (χ1n) is 7.38. The fourth-order valence-electron chi connectivity index (χ4n) is 2.36. The molecule has 1 aromatic heterocycles. The summed E-state index contributed by atoms with van der Waals surface area (Å²) in [5.74, 6) is 8.12. The third kappa shape index (κ3) is 3.37. The largest absolute Gasteiger partial charge is 0.396 e. The van der Waals surface area contributed by atoms with Crippen LogP contribution < -0.4 is 16.2 Å². The third-order valence-corrected chi connectivity index (χ3v) is 3.76. The Hall–Kier alpha value is -1.40. The SMILES string of the molecule is CC(C)c1nc(NN)cc(N(CCCO)C2CCC2)n1. The molecule has 1 aliphatic carbocycles.